The zero-order valence-corrected chi connectivity index (χ0v) is 15.0. The fraction of sp³-hybridized carbons (Fsp3) is 0.579. The first-order valence-corrected chi connectivity index (χ1v) is 8.79. The van der Waals surface area contributed by atoms with E-state index < -0.39 is 5.92 Å². The lowest BCUT2D eigenvalue weighted by atomic mass is 9.86. The highest BCUT2D eigenvalue weighted by Crippen LogP contribution is 2.37. The lowest BCUT2D eigenvalue weighted by molar-refractivity contribution is -0.124. The van der Waals surface area contributed by atoms with Gasteiger partial charge in [-0.3, -0.25) is 4.79 Å². The number of pyridine rings is 1. The van der Waals surface area contributed by atoms with Gasteiger partial charge in [0.2, 0.25) is 11.8 Å². The summed E-state index contributed by atoms with van der Waals surface area (Å²) >= 11 is 0. The average Bonchev–Trinajstić information content (AvgIpc) is 2.83. The predicted molar refractivity (Wildman–Crippen MR) is 93.9 cm³/mol. The van der Waals surface area contributed by atoms with Crippen molar-refractivity contribution in [2.75, 3.05) is 5.32 Å². The first-order valence-electron chi connectivity index (χ1n) is 8.79. The van der Waals surface area contributed by atoms with E-state index in [1.807, 2.05) is 28.8 Å². The molecule has 1 aliphatic rings. The third-order valence-corrected chi connectivity index (χ3v) is 4.66. The first-order chi connectivity index (χ1) is 11.6. The summed E-state index contributed by atoms with van der Waals surface area (Å²) in [6, 6.07) is 5.72. The van der Waals surface area contributed by atoms with Gasteiger partial charge in [0.15, 0.2) is 5.82 Å². The van der Waals surface area contributed by atoms with Crippen LogP contribution < -0.4 is 5.32 Å². The number of carbonyl (C=O) groups excluding carboxylic acids is 1. The molecule has 0 saturated heterocycles. The highest BCUT2D eigenvalue weighted by atomic mass is 19.3. The summed E-state index contributed by atoms with van der Waals surface area (Å²) in [5, 5.41) is 2.90. The number of nitrogens with zero attached hydrogens (tertiary/aromatic N) is 2. The Morgan fingerprint density at radius 1 is 1.32 bits per heavy atom. The van der Waals surface area contributed by atoms with Gasteiger partial charge in [0.1, 0.15) is 5.65 Å². The lowest BCUT2D eigenvalue weighted by Crippen LogP contribution is -2.32. The number of fused-ring (bicyclic) bond motifs is 1. The number of rotatable bonds is 3. The van der Waals surface area contributed by atoms with E-state index in [0.717, 1.165) is 17.8 Å². The van der Waals surface area contributed by atoms with Crippen molar-refractivity contribution in [1.29, 1.82) is 0 Å². The van der Waals surface area contributed by atoms with Crippen molar-refractivity contribution in [2.24, 2.45) is 11.3 Å². The molecule has 0 aromatic carbocycles. The van der Waals surface area contributed by atoms with Crippen molar-refractivity contribution >= 4 is 17.4 Å². The molecule has 6 heteroatoms. The Balaban J connectivity index is 1.83. The molecule has 1 fully saturated rings. The number of nitrogens with one attached hydrogen (secondary N) is 1. The fourth-order valence-electron chi connectivity index (χ4n) is 3.34. The molecule has 136 valence electrons. The van der Waals surface area contributed by atoms with Crippen LogP contribution in [0.2, 0.25) is 0 Å². The summed E-state index contributed by atoms with van der Waals surface area (Å²) in [4.78, 5) is 17.1. The molecule has 1 aliphatic carbocycles. The Kier molecular flexibility index (Phi) is 4.56. The second kappa shape index (κ2) is 6.39. The average molecular weight is 349 g/mol. The summed E-state index contributed by atoms with van der Waals surface area (Å²) < 4.78 is 28.6. The summed E-state index contributed by atoms with van der Waals surface area (Å²) in [6.07, 6.45) is 2.69. The van der Waals surface area contributed by atoms with E-state index in [1.54, 1.807) is 0 Å². The number of amides is 1. The summed E-state index contributed by atoms with van der Waals surface area (Å²) in [5.41, 5.74) is 1.74. The van der Waals surface area contributed by atoms with Crippen LogP contribution in [0.15, 0.2) is 24.4 Å². The van der Waals surface area contributed by atoms with Crippen molar-refractivity contribution in [1.82, 2.24) is 9.38 Å². The van der Waals surface area contributed by atoms with E-state index in [-0.39, 0.29) is 42.9 Å². The van der Waals surface area contributed by atoms with E-state index in [1.165, 1.54) is 0 Å². The molecular weight excluding hydrogens is 324 g/mol. The Morgan fingerprint density at radius 2 is 2.00 bits per heavy atom. The smallest absolute Gasteiger partial charge is 0.248 e. The number of aromatic nitrogens is 2. The highest BCUT2D eigenvalue weighted by molar-refractivity contribution is 5.92. The molecule has 1 N–H and O–H groups in total. The van der Waals surface area contributed by atoms with Gasteiger partial charge in [-0.25, -0.2) is 13.8 Å². The van der Waals surface area contributed by atoms with Crippen LogP contribution >= 0.6 is 0 Å². The molecule has 25 heavy (non-hydrogen) atoms. The maximum Gasteiger partial charge on any atom is 0.248 e. The van der Waals surface area contributed by atoms with Gasteiger partial charge in [-0.2, -0.15) is 0 Å². The predicted octanol–water partition coefficient (Wildman–Crippen LogP) is 4.69. The highest BCUT2D eigenvalue weighted by Gasteiger charge is 2.37. The molecule has 0 spiro atoms. The second-order valence-corrected chi connectivity index (χ2v) is 8.19. The number of imidazole rings is 1. The number of hydrogen-bond donors (Lipinski definition) is 1. The quantitative estimate of drug-likeness (QED) is 0.874. The van der Waals surface area contributed by atoms with Crippen LogP contribution in [0, 0.1) is 11.3 Å². The normalized spacial score (nSPS) is 18.4. The lowest BCUT2D eigenvalue weighted by Gasteiger charge is -2.27. The summed E-state index contributed by atoms with van der Waals surface area (Å²) in [6.45, 7) is 6.39. The third kappa shape index (κ3) is 4.17. The third-order valence-electron chi connectivity index (χ3n) is 4.66. The molecule has 0 aliphatic heterocycles. The first kappa shape index (κ1) is 17.8. The number of carbonyl (C=O) groups is 1. The fourth-order valence-corrected chi connectivity index (χ4v) is 3.34. The van der Waals surface area contributed by atoms with Crippen molar-refractivity contribution in [3.8, 4) is 0 Å². The van der Waals surface area contributed by atoms with Crippen molar-refractivity contribution in [3.63, 3.8) is 0 Å². The Bertz CT molecular complexity index is 767. The van der Waals surface area contributed by atoms with Crippen LogP contribution in [-0.4, -0.2) is 21.2 Å². The van der Waals surface area contributed by atoms with Crippen molar-refractivity contribution in [3.05, 3.63) is 30.1 Å². The van der Waals surface area contributed by atoms with Gasteiger partial charge in [0, 0.05) is 25.0 Å². The minimum Gasteiger partial charge on any atom is -0.309 e. The number of hydrogen-bond acceptors (Lipinski definition) is 2. The van der Waals surface area contributed by atoms with Gasteiger partial charge in [-0.1, -0.05) is 26.8 Å². The molecule has 0 bridgehead atoms. The van der Waals surface area contributed by atoms with Gasteiger partial charge < -0.3 is 9.72 Å². The number of halogens is 2. The molecule has 2 heterocycles. The largest absolute Gasteiger partial charge is 0.309 e. The molecule has 0 unspecified atom stereocenters. The van der Waals surface area contributed by atoms with Gasteiger partial charge >= 0.3 is 0 Å². The van der Waals surface area contributed by atoms with E-state index in [4.69, 9.17) is 0 Å². The van der Waals surface area contributed by atoms with Crippen LogP contribution in [0.4, 0.5) is 14.6 Å². The van der Waals surface area contributed by atoms with Crippen LogP contribution in [0.5, 0.6) is 0 Å². The summed E-state index contributed by atoms with van der Waals surface area (Å²) in [5.74, 6) is -2.65. The molecule has 0 radical (unpaired) electrons. The summed E-state index contributed by atoms with van der Waals surface area (Å²) in [7, 11) is 0. The van der Waals surface area contributed by atoms with Gasteiger partial charge in [0.05, 0.1) is 5.69 Å². The van der Waals surface area contributed by atoms with Crippen LogP contribution in [0.25, 0.3) is 5.65 Å². The van der Waals surface area contributed by atoms with E-state index in [0.29, 0.717) is 5.82 Å². The molecule has 0 atom stereocenters. The van der Waals surface area contributed by atoms with E-state index in [9.17, 15) is 13.6 Å². The van der Waals surface area contributed by atoms with Gasteiger partial charge in [-0.05, 0) is 36.8 Å². The zero-order chi connectivity index (χ0) is 18.2. The Labute approximate surface area is 146 Å². The van der Waals surface area contributed by atoms with Crippen LogP contribution in [0.3, 0.4) is 0 Å². The Hall–Kier alpha value is -1.98. The van der Waals surface area contributed by atoms with E-state index in [2.05, 4.69) is 31.1 Å². The number of anilines is 1. The minimum absolute atomic E-state index is 0.0260. The molecule has 1 saturated carbocycles. The zero-order valence-electron chi connectivity index (χ0n) is 15.0. The monoisotopic (exact) mass is 349 g/mol. The molecule has 1 amide bonds. The van der Waals surface area contributed by atoms with Gasteiger partial charge in [0.25, 0.3) is 0 Å². The van der Waals surface area contributed by atoms with Crippen LogP contribution in [0.1, 0.15) is 52.1 Å². The molecule has 4 nitrogen and oxygen atoms in total. The second-order valence-electron chi connectivity index (χ2n) is 8.19. The topological polar surface area (TPSA) is 46.4 Å². The molecule has 2 aromatic heterocycles. The molecule has 3 rings (SSSR count). The SMILES string of the molecule is CC(C)(C)Cc1c(NC(=O)C2CCC(F)(F)CC2)nc2ccccn12. The molecule has 2 aromatic rings. The number of alkyl halides is 2. The maximum absolute atomic E-state index is 13.3. The van der Waals surface area contributed by atoms with E-state index >= 15 is 0 Å². The standard InChI is InChI=1S/C19H25F2N3O/c1-18(2,3)12-14-16(22-15-6-4-5-11-24(14)15)23-17(25)13-7-9-19(20,21)10-8-13/h4-6,11,13H,7-10,12H2,1-3H3,(H,23,25). The Morgan fingerprint density at radius 3 is 2.64 bits per heavy atom. The molecular formula is C19H25F2N3O. The van der Waals surface area contributed by atoms with Crippen molar-refractivity contribution < 1.29 is 13.6 Å². The van der Waals surface area contributed by atoms with Crippen molar-refractivity contribution in [2.45, 2.75) is 58.8 Å². The minimum atomic E-state index is -2.63. The maximum atomic E-state index is 13.3. The van der Waals surface area contributed by atoms with Crippen LogP contribution in [-0.2, 0) is 11.2 Å². The van der Waals surface area contributed by atoms with Gasteiger partial charge in [-0.15, -0.1) is 0 Å².